The normalized spacial score (nSPS) is 16.0. The van der Waals surface area contributed by atoms with Gasteiger partial charge in [0.2, 0.25) is 0 Å². The molecule has 6 nitrogen and oxygen atoms in total. The third kappa shape index (κ3) is 4.40. The zero-order valence-electron chi connectivity index (χ0n) is 15.9. The van der Waals surface area contributed by atoms with E-state index in [1.54, 1.807) is 19.5 Å². The molecule has 1 aliphatic rings. The maximum absolute atomic E-state index is 6.19. The highest BCUT2D eigenvalue weighted by Gasteiger charge is 2.15. The smallest absolute Gasteiger partial charge is 0.159 e. The predicted octanol–water partition coefficient (Wildman–Crippen LogP) is 4.11. The van der Waals surface area contributed by atoms with E-state index < -0.39 is 0 Å². The van der Waals surface area contributed by atoms with Gasteiger partial charge in [0, 0.05) is 30.5 Å². The molecule has 2 N–H and O–H groups in total. The summed E-state index contributed by atoms with van der Waals surface area (Å²) in [6.07, 6.45) is 5.90. The minimum Gasteiger partial charge on any atom is -0.497 e. The van der Waals surface area contributed by atoms with Gasteiger partial charge in [0.25, 0.3) is 0 Å². The number of nitrogens with zero attached hydrogens (tertiary/aromatic N) is 2. The predicted molar refractivity (Wildman–Crippen MR) is 110 cm³/mol. The third-order valence-corrected chi connectivity index (χ3v) is 4.79. The molecule has 1 saturated heterocycles. The van der Waals surface area contributed by atoms with Gasteiger partial charge >= 0.3 is 0 Å². The van der Waals surface area contributed by atoms with E-state index in [0.29, 0.717) is 11.9 Å². The van der Waals surface area contributed by atoms with Gasteiger partial charge in [-0.1, -0.05) is 0 Å². The van der Waals surface area contributed by atoms with Crippen molar-refractivity contribution < 1.29 is 9.47 Å². The molecule has 1 fully saturated rings. The van der Waals surface area contributed by atoms with Crippen LogP contribution >= 0.6 is 0 Å². The molecule has 1 aliphatic heterocycles. The molecule has 1 atom stereocenters. The second kappa shape index (κ2) is 8.71. The first-order valence-corrected chi connectivity index (χ1v) is 9.52. The Kier molecular flexibility index (Phi) is 5.68. The summed E-state index contributed by atoms with van der Waals surface area (Å²) in [5.74, 6) is 2.96. The van der Waals surface area contributed by atoms with Crippen molar-refractivity contribution in [2.45, 2.75) is 18.9 Å². The number of aromatic nitrogens is 2. The van der Waals surface area contributed by atoms with Crippen LogP contribution in [0.1, 0.15) is 12.8 Å². The van der Waals surface area contributed by atoms with Crippen LogP contribution in [0, 0.1) is 0 Å². The Labute approximate surface area is 164 Å². The van der Waals surface area contributed by atoms with Crippen LogP contribution in [0.15, 0.2) is 60.9 Å². The van der Waals surface area contributed by atoms with E-state index in [9.17, 15) is 0 Å². The second-order valence-corrected chi connectivity index (χ2v) is 6.74. The summed E-state index contributed by atoms with van der Waals surface area (Å²) < 4.78 is 11.4. The molecule has 0 aliphatic carbocycles. The fourth-order valence-electron chi connectivity index (χ4n) is 3.27. The highest BCUT2D eigenvalue weighted by molar-refractivity contribution is 5.67. The van der Waals surface area contributed by atoms with Gasteiger partial charge in [-0.2, -0.15) is 0 Å². The van der Waals surface area contributed by atoms with E-state index in [2.05, 4.69) is 20.6 Å². The molecule has 6 heteroatoms. The molecule has 2 aromatic carbocycles. The molecular formula is C22H24N4O2. The molecule has 1 aromatic heterocycles. The van der Waals surface area contributed by atoms with Crippen LogP contribution < -0.4 is 20.1 Å². The molecule has 3 aromatic rings. The Morgan fingerprint density at radius 1 is 1.07 bits per heavy atom. The average molecular weight is 376 g/mol. The van der Waals surface area contributed by atoms with Crippen molar-refractivity contribution >= 4 is 5.69 Å². The van der Waals surface area contributed by atoms with E-state index in [-0.39, 0.29) is 0 Å². The summed E-state index contributed by atoms with van der Waals surface area (Å²) in [5.41, 5.74) is 1.86. The van der Waals surface area contributed by atoms with Gasteiger partial charge in [-0.3, -0.25) is 0 Å². The Morgan fingerprint density at radius 3 is 2.57 bits per heavy atom. The van der Waals surface area contributed by atoms with Gasteiger partial charge in [-0.05, 0) is 67.9 Å². The van der Waals surface area contributed by atoms with Crippen molar-refractivity contribution in [3.63, 3.8) is 0 Å². The zero-order valence-corrected chi connectivity index (χ0v) is 15.9. The summed E-state index contributed by atoms with van der Waals surface area (Å²) in [7, 11) is 1.65. The van der Waals surface area contributed by atoms with Gasteiger partial charge < -0.3 is 20.1 Å². The molecule has 28 heavy (non-hydrogen) atoms. The Balaban J connectivity index is 1.59. The number of hydrogen-bond donors (Lipinski definition) is 2. The minimum absolute atomic E-state index is 0.492. The van der Waals surface area contributed by atoms with E-state index in [1.165, 1.54) is 12.8 Å². The van der Waals surface area contributed by atoms with Crippen LogP contribution in [0.3, 0.4) is 0 Å². The van der Waals surface area contributed by atoms with Crippen molar-refractivity contribution in [3.05, 3.63) is 60.9 Å². The number of hydrogen-bond acceptors (Lipinski definition) is 6. The number of anilines is 1. The molecule has 0 saturated carbocycles. The fraction of sp³-hybridized carbons (Fsp3) is 0.273. The van der Waals surface area contributed by atoms with E-state index in [0.717, 1.165) is 41.6 Å². The van der Waals surface area contributed by atoms with Crippen molar-refractivity contribution in [1.82, 2.24) is 15.3 Å². The van der Waals surface area contributed by atoms with Crippen LogP contribution in [-0.2, 0) is 0 Å². The van der Waals surface area contributed by atoms with Crippen LogP contribution in [0.25, 0.3) is 11.4 Å². The summed E-state index contributed by atoms with van der Waals surface area (Å²) in [6.45, 7) is 1.95. The van der Waals surface area contributed by atoms with E-state index in [4.69, 9.17) is 9.47 Å². The fourth-order valence-corrected chi connectivity index (χ4v) is 3.27. The number of ether oxygens (including phenoxy) is 2. The molecular weight excluding hydrogens is 352 g/mol. The maximum Gasteiger partial charge on any atom is 0.159 e. The first-order chi connectivity index (χ1) is 13.8. The third-order valence-electron chi connectivity index (χ3n) is 4.79. The molecule has 0 radical (unpaired) electrons. The molecule has 2 heterocycles. The first kappa shape index (κ1) is 18.3. The Morgan fingerprint density at radius 2 is 1.86 bits per heavy atom. The van der Waals surface area contributed by atoms with Gasteiger partial charge in [0.15, 0.2) is 11.6 Å². The van der Waals surface area contributed by atoms with Gasteiger partial charge in [0.05, 0.1) is 12.8 Å². The monoisotopic (exact) mass is 376 g/mol. The molecule has 0 spiro atoms. The highest BCUT2D eigenvalue weighted by Crippen LogP contribution is 2.34. The highest BCUT2D eigenvalue weighted by atomic mass is 16.5. The van der Waals surface area contributed by atoms with Crippen LogP contribution in [-0.4, -0.2) is 36.2 Å². The van der Waals surface area contributed by atoms with Crippen LogP contribution in [0.5, 0.6) is 17.2 Å². The maximum atomic E-state index is 6.19. The summed E-state index contributed by atoms with van der Waals surface area (Å²) in [5, 5.41) is 7.03. The minimum atomic E-state index is 0.492. The number of nitrogens with one attached hydrogen (secondary N) is 2. The van der Waals surface area contributed by atoms with Gasteiger partial charge in [-0.15, -0.1) is 0 Å². The van der Waals surface area contributed by atoms with E-state index in [1.807, 2.05) is 48.5 Å². The molecule has 144 valence electrons. The Hall–Kier alpha value is -3.12. The summed E-state index contributed by atoms with van der Waals surface area (Å²) in [4.78, 5) is 8.69. The quantitative estimate of drug-likeness (QED) is 0.647. The average Bonchev–Trinajstić information content (AvgIpc) is 3.28. The number of benzene rings is 2. The lowest BCUT2D eigenvalue weighted by Crippen LogP contribution is -2.29. The molecule has 4 rings (SSSR count). The summed E-state index contributed by atoms with van der Waals surface area (Å²) in [6, 6.07) is 15.9. The van der Waals surface area contributed by atoms with Gasteiger partial charge in [-0.25, -0.2) is 9.97 Å². The first-order valence-electron chi connectivity index (χ1n) is 9.52. The van der Waals surface area contributed by atoms with Crippen LogP contribution in [0.2, 0.25) is 0 Å². The van der Waals surface area contributed by atoms with Crippen molar-refractivity contribution in [3.8, 4) is 28.6 Å². The lowest BCUT2D eigenvalue weighted by atomic mass is 10.1. The molecule has 0 bridgehead atoms. The second-order valence-electron chi connectivity index (χ2n) is 6.74. The van der Waals surface area contributed by atoms with Crippen molar-refractivity contribution in [2.24, 2.45) is 0 Å². The van der Waals surface area contributed by atoms with Gasteiger partial charge in [0.1, 0.15) is 11.5 Å². The van der Waals surface area contributed by atoms with E-state index >= 15 is 0 Å². The molecule has 0 amide bonds. The number of rotatable bonds is 7. The van der Waals surface area contributed by atoms with Crippen molar-refractivity contribution in [1.29, 1.82) is 0 Å². The van der Waals surface area contributed by atoms with Crippen molar-refractivity contribution in [2.75, 3.05) is 25.5 Å². The zero-order chi connectivity index (χ0) is 19.2. The standard InChI is InChI=1S/C22H24N4O2/c1-27-18-6-8-19(9-7-18)28-21-14-16(22-24-12-3-13-25-22)5-10-20(21)26-15-17-4-2-11-23-17/h3,5-10,12-14,17,23,26H,2,4,11,15H2,1H3/t17-/m0/s1. The largest absolute Gasteiger partial charge is 0.497 e. The number of methoxy groups -OCH3 is 1. The lowest BCUT2D eigenvalue weighted by Gasteiger charge is -2.17. The van der Waals surface area contributed by atoms with Crippen LogP contribution in [0.4, 0.5) is 5.69 Å². The molecule has 0 unspecified atom stereocenters. The topological polar surface area (TPSA) is 68.3 Å². The SMILES string of the molecule is COc1ccc(Oc2cc(-c3ncccn3)ccc2NC[C@@H]2CCCN2)cc1. The lowest BCUT2D eigenvalue weighted by molar-refractivity contribution is 0.413. The summed E-state index contributed by atoms with van der Waals surface area (Å²) >= 11 is 0. The Bertz CT molecular complexity index is 894.